The number of carbonyl (C=O) groups excluding carboxylic acids is 1. The largest absolute Gasteiger partial charge is 0.481 e. The van der Waals surface area contributed by atoms with E-state index in [9.17, 15) is 4.79 Å². The Morgan fingerprint density at radius 2 is 2.00 bits per heavy atom. The molecule has 0 fully saturated rings. The van der Waals surface area contributed by atoms with Gasteiger partial charge in [0.25, 0.3) is 0 Å². The van der Waals surface area contributed by atoms with E-state index >= 15 is 0 Å². The fourth-order valence-electron chi connectivity index (χ4n) is 1.69. The van der Waals surface area contributed by atoms with Gasteiger partial charge < -0.3 is 9.47 Å². The molecular formula is C14H12Br2O3. The zero-order valence-electron chi connectivity index (χ0n) is 10.3. The van der Waals surface area contributed by atoms with Crippen molar-refractivity contribution in [2.75, 3.05) is 13.2 Å². The highest BCUT2D eigenvalue weighted by Crippen LogP contribution is 2.34. The molecule has 0 N–H and O–H groups in total. The quantitative estimate of drug-likeness (QED) is 0.733. The zero-order chi connectivity index (χ0) is 13.8. The van der Waals surface area contributed by atoms with Gasteiger partial charge in [0.1, 0.15) is 5.75 Å². The predicted molar refractivity (Wildman–Crippen MR) is 81.5 cm³/mol. The lowest BCUT2D eigenvalue weighted by Crippen LogP contribution is -2.14. The lowest BCUT2D eigenvalue weighted by Gasteiger charge is -2.10. The number of halogens is 2. The van der Waals surface area contributed by atoms with Gasteiger partial charge in [-0.05, 0) is 51.8 Å². The van der Waals surface area contributed by atoms with Gasteiger partial charge in [0, 0.05) is 4.47 Å². The summed E-state index contributed by atoms with van der Waals surface area (Å²) in [4.78, 5) is 11.3. The highest BCUT2D eigenvalue weighted by molar-refractivity contribution is 9.11. The highest BCUT2D eigenvalue weighted by atomic mass is 79.9. The molecular weight excluding hydrogens is 376 g/mol. The van der Waals surface area contributed by atoms with E-state index in [-0.39, 0.29) is 12.6 Å². The van der Waals surface area contributed by atoms with E-state index < -0.39 is 0 Å². The number of hydrogen-bond acceptors (Lipinski definition) is 3. The first kappa shape index (κ1) is 14.3. The van der Waals surface area contributed by atoms with Crippen LogP contribution in [0.5, 0.6) is 5.75 Å². The highest BCUT2D eigenvalue weighted by Gasteiger charge is 2.09. The SMILES string of the molecule is CCOC(=O)COc1ccc2cc(Br)ccc2c1Br. The maximum absolute atomic E-state index is 11.3. The molecule has 19 heavy (non-hydrogen) atoms. The summed E-state index contributed by atoms with van der Waals surface area (Å²) in [6, 6.07) is 9.75. The van der Waals surface area contributed by atoms with Gasteiger partial charge in [0.2, 0.25) is 0 Å². The Kier molecular flexibility index (Phi) is 4.82. The summed E-state index contributed by atoms with van der Waals surface area (Å²) in [6.45, 7) is 2.03. The number of ether oxygens (including phenoxy) is 2. The van der Waals surface area contributed by atoms with Crippen LogP contribution < -0.4 is 4.74 Å². The number of hydrogen-bond donors (Lipinski definition) is 0. The van der Waals surface area contributed by atoms with E-state index in [1.807, 2.05) is 30.3 Å². The minimum atomic E-state index is -0.370. The van der Waals surface area contributed by atoms with E-state index in [1.54, 1.807) is 6.92 Å². The third-order valence-electron chi connectivity index (χ3n) is 2.53. The van der Waals surface area contributed by atoms with Gasteiger partial charge in [0.15, 0.2) is 6.61 Å². The second-order valence-electron chi connectivity index (χ2n) is 3.84. The van der Waals surface area contributed by atoms with E-state index in [0.717, 1.165) is 19.7 Å². The van der Waals surface area contributed by atoms with Crippen molar-refractivity contribution in [3.63, 3.8) is 0 Å². The Hall–Kier alpha value is -1.07. The van der Waals surface area contributed by atoms with Crippen molar-refractivity contribution in [2.45, 2.75) is 6.92 Å². The second-order valence-corrected chi connectivity index (χ2v) is 5.55. The van der Waals surface area contributed by atoms with Crippen LogP contribution in [0.4, 0.5) is 0 Å². The standard InChI is InChI=1S/C14H12Br2O3/c1-2-18-13(17)8-19-12-6-3-9-7-10(15)4-5-11(9)14(12)16/h3-7H,2,8H2,1H3. The molecule has 3 nitrogen and oxygen atoms in total. The topological polar surface area (TPSA) is 35.5 Å². The summed E-state index contributed by atoms with van der Waals surface area (Å²) < 4.78 is 12.1. The van der Waals surface area contributed by atoms with Crippen LogP contribution in [-0.2, 0) is 9.53 Å². The van der Waals surface area contributed by atoms with Crippen molar-refractivity contribution in [3.05, 3.63) is 39.3 Å². The fraction of sp³-hybridized carbons (Fsp3) is 0.214. The number of fused-ring (bicyclic) bond motifs is 1. The molecule has 0 radical (unpaired) electrons. The smallest absolute Gasteiger partial charge is 0.344 e. The van der Waals surface area contributed by atoms with Gasteiger partial charge in [-0.2, -0.15) is 0 Å². The van der Waals surface area contributed by atoms with Crippen LogP contribution >= 0.6 is 31.9 Å². The molecule has 2 aromatic carbocycles. The molecule has 5 heteroatoms. The van der Waals surface area contributed by atoms with Gasteiger partial charge in [-0.25, -0.2) is 4.79 Å². The number of rotatable bonds is 4. The van der Waals surface area contributed by atoms with Crippen LogP contribution in [0.3, 0.4) is 0 Å². The summed E-state index contributed by atoms with van der Waals surface area (Å²) in [5.74, 6) is 0.258. The monoisotopic (exact) mass is 386 g/mol. The molecule has 2 aromatic rings. The van der Waals surface area contributed by atoms with Crippen LogP contribution in [0.25, 0.3) is 10.8 Å². The van der Waals surface area contributed by atoms with Crippen molar-refractivity contribution in [1.82, 2.24) is 0 Å². The van der Waals surface area contributed by atoms with Gasteiger partial charge in [-0.3, -0.25) is 0 Å². The minimum Gasteiger partial charge on any atom is -0.481 e. The molecule has 0 unspecified atom stereocenters. The van der Waals surface area contributed by atoms with Crippen molar-refractivity contribution in [1.29, 1.82) is 0 Å². The van der Waals surface area contributed by atoms with Gasteiger partial charge >= 0.3 is 5.97 Å². The number of carbonyl (C=O) groups is 1. The van der Waals surface area contributed by atoms with Crippen molar-refractivity contribution in [2.24, 2.45) is 0 Å². The fourth-order valence-corrected chi connectivity index (χ4v) is 2.68. The van der Waals surface area contributed by atoms with Crippen LogP contribution in [0.15, 0.2) is 39.3 Å². The molecule has 0 aliphatic heterocycles. The third-order valence-corrected chi connectivity index (χ3v) is 3.84. The average molecular weight is 388 g/mol. The first-order chi connectivity index (χ1) is 9.11. The number of benzene rings is 2. The van der Waals surface area contributed by atoms with Crippen molar-refractivity contribution in [3.8, 4) is 5.75 Å². The zero-order valence-corrected chi connectivity index (χ0v) is 13.5. The summed E-state index contributed by atoms with van der Waals surface area (Å²) >= 11 is 6.94. The summed E-state index contributed by atoms with van der Waals surface area (Å²) in [7, 11) is 0. The lowest BCUT2D eigenvalue weighted by molar-refractivity contribution is -0.145. The van der Waals surface area contributed by atoms with Crippen LogP contribution in [0, 0.1) is 0 Å². The number of esters is 1. The minimum absolute atomic E-state index is 0.0888. The first-order valence-corrected chi connectivity index (χ1v) is 7.36. The Morgan fingerprint density at radius 3 is 2.74 bits per heavy atom. The van der Waals surface area contributed by atoms with Crippen molar-refractivity contribution < 1.29 is 14.3 Å². The predicted octanol–water partition coefficient (Wildman–Crippen LogP) is 4.31. The molecule has 0 aliphatic carbocycles. The maximum Gasteiger partial charge on any atom is 0.344 e. The van der Waals surface area contributed by atoms with Gasteiger partial charge in [-0.1, -0.05) is 28.1 Å². The van der Waals surface area contributed by atoms with Crippen LogP contribution in [-0.4, -0.2) is 19.2 Å². The molecule has 0 amide bonds. The summed E-state index contributed by atoms with van der Waals surface area (Å²) in [5, 5.41) is 2.12. The normalized spacial score (nSPS) is 10.5. The van der Waals surface area contributed by atoms with Gasteiger partial charge in [-0.15, -0.1) is 0 Å². The molecule has 0 aromatic heterocycles. The molecule has 0 heterocycles. The molecule has 0 atom stereocenters. The van der Waals surface area contributed by atoms with E-state index in [4.69, 9.17) is 9.47 Å². The second kappa shape index (κ2) is 6.39. The summed E-state index contributed by atoms with van der Waals surface area (Å²) in [6.07, 6.45) is 0. The molecule has 0 bridgehead atoms. The van der Waals surface area contributed by atoms with Crippen molar-refractivity contribution >= 4 is 48.6 Å². The van der Waals surface area contributed by atoms with Gasteiger partial charge in [0.05, 0.1) is 11.1 Å². The molecule has 0 saturated carbocycles. The van der Waals surface area contributed by atoms with Crippen LogP contribution in [0.2, 0.25) is 0 Å². The Morgan fingerprint density at radius 1 is 1.21 bits per heavy atom. The Bertz CT molecular complexity index is 611. The third kappa shape index (κ3) is 3.48. The van der Waals surface area contributed by atoms with Crippen LogP contribution in [0.1, 0.15) is 6.92 Å². The molecule has 100 valence electrons. The average Bonchev–Trinajstić information content (AvgIpc) is 2.38. The first-order valence-electron chi connectivity index (χ1n) is 5.78. The Balaban J connectivity index is 2.23. The Labute approximate surface area is 128 Å². The van der Waals surface area contributed by atoms with E-state index in [2.05, 4.69) is 31.9 Å². The summed E-state index contributed by atoms with van der Waals surface area (Å²) in [5.41, 5.74) is 0. The maximum atomic E-state index is 11.3. The van der Waals surface area contributed by atoms with E-state index in [1.165, 1.54) is 0 Å². The van der Waals surface area contributed by atoms with E-state index in [0.29, 0.717) is 12.4 Å². The molecule has 0 saturated heterocycles. The molecule has 0 spiro atoms. The lowest BCUT2D eigenvalue weighted by atomic mass is 10.1. The molecule has 0 aliphatic rings. The molecule has 2 rings (SSSR count).